The molecule has 3 aromatic rings. The van der Waals surface area contributed by atoms with Crippen LogP contribution in [-0.2, 0) is 10.9 Å². The van der Waals surface area contributed by atoms with E-state index >= 15 is 0 Å². The van der Waals surface area contributed by atoms with Crippen molar-refractivity contribution in [3.8, 4) is 17.2 Å². The van der Waals surface area contributed by atoms with E-state index in [2.05, 4.69) is 15.6 Å². The molecule has 2 aromatic carbocycles. The van der Waals surface area contributed by atoms with Gasteiger partial charge in [0.15, 0.2) is 0 Å². The highest BCUT2D eigenvalue weighted by Gasteiger charge is 2.35. The van der Waals surface area contributed by atoms with Crippen LogP contribution < -0.4 is 25.8 Å². The number of hydrogen-bond acceptors (Lipinski definition) is 7. The molecule has 0 bridgehead atoms. The highest BCUT2D eigenvalue weighted by molar-refractivity contribution is 5.99. The number of alkyl halides is 3. The normalized spacial score (nSPS) is 11.2. The van der Waals surface area contributed by atoms with Crippen LogP contribution in [0.2, 0.25) is 0 Å². The SMILES string of the molecule is CC(C)OCCOc1ccc(NC(=O)Nc2ccc(Oc3ccnc(N)c3C=N)cc2)cc1C(F)(F)F. The van der Waals surface area contributed by atoms with E-state index in [0.29, 0.717) is 22.7 Å². The largest absolute Gasteiger partial charge is 0.491 e. The van der Waals surface area contributed by atoms with E-state index in [1.807, 2.05) is 13.8 Å². The number of hydrogen-bond donors (Lipinski definition) is 4. The highest BCUT2D eigenvalue weighted by Crippen LogP contribution is 2.38. The van der Waals surface area contributed by atoms with Gasteiger partial charge in [-0.3, -0.25) is 0 Å². The number of pyridine rings is 1. The van der Waals surface area contributed by atoms with E-state index < -0.39 is 17.8 Å². The second-order valence-corrected chi connectivity index (χ2v) is 7.93. The summed E-state index contributed by atoms with van der Waals surface area (Å²) in [6.07, 6.45) is -2.28. The molecule has 3 rings (SSSR count). The number of aromatic nitrogens is 1. The molecular weight excluding hydrogens is 491 g/mol. The van der Waals surface area contributed by atoms with Crippen molar-refractivity contribution in [2.75, 3.05) is 29.6 Å². The van der Waals surface area contributed by atoms with Crippen molar-refractivity contribution in [1.82, 2.24) is 4.98 Å². The van der Waals surface area contributed by atoms with Gasteiger partial charge in [0.05, 0.1) is 23.8 Å². The Morgan fingerprint density at radius 1 is 1.05 bits per heavy atom. The summed E-state index contributed by atoms with van der Waals surface area (Å²) >= 11 is 0. The van der Waals surface area contributed by atoms with Crippen LogP contribution in [0.15, 0.2) is 54.7 Å². The zero-order valence-electron chi connectivity index (χ0n) is 20.1. The molecule has 0 aliphatic rings. The number of carbonyl (C=O) groups excluding carboxylic acids is 1. The molecule has 0 atom stereocenters. The number of nitrogens with two attached hydrogens (primary N) is 1. The lowest BCUT2D eigenvalue weighted by Gasteiger charge is -2.16. The van der Waals surface area contributed by atoms with E-state index in [9.17, 15) is 18.0 Å². The van der Waals surface area contributed by atoms with Gasteiger partial charge in [-0.25, -0.2) is 9.78 Å². The Bertz CT molecular complexity index is 1230. The second-order valence-electron chi connectivity index (χ2n) is 7.93. The summed E-state index contributed by atoms with van der Waals surface area (Å²) in [7, 11) is 0. The number of carbonyl (C=O) groups is 1. The first-order valence-electron chi connectivity index (χ1n) is 11.1. The molecular formula is C25H26F3N5O4. The quantitative estimate of drug-likeness (QED) is 0.195. The van der Waals surface area contributed by atoms with Crippen molar-refractivity contribution in [2.24, 2.45) is 0 Å². The van der Waals surface area contributed by atoms with Gasteiger partial charge < -0.3 is 36.0 Å². The topological polar surface area (TPSA) is 132 Å². The molecule has 0 unspecified atom stereocenters. The van der Waals surface area contributed by atoms with Gasteiger partial charge in [0.2, 0.25) is 0 Å². The van der Waals surface area contributed by atoms with E-state index in [4.69, 9.17) is 25.4 Å². The number of nitrogens with one attached hydrogen (secondary N) is 3. The van der Waals surface area contributed by atoms with Crippen LogP contribution in [0.25, 0.3) is 0 Å². The molecule has 0 aliphatic heterocycles. The van der Waals surface area contributed by atoms with Crippen molar-refractivity contribution in [3.63, 3.8) is 0 Å². The lowest BCUT2D eigenvalue weighted by molar-refractivity contribution is -0.139. The minimum atomic E-state index is -4.69. The fraction of sp³-hybridized carbons (Fsp3) is 0.240. The maximum absolute atomic E-state index is 13.5. The summed E-state index contributed by atoms with van der Waals surface area (Å²) in [6.45, 7) is 3.71. The molecule has 0 saturated carbocycles. The van der Waals surface area contributed by atoms with E-state index in [1.54, 1.807) is 30.3 Å². The standard InChI is InChI=1S/C25H26F3N5O4/c1-15(2)35-11-12-36-22-8-5-17(13-20(22)25(26,27)28)33-24(34)32-16-3-6-18(7-4-16)37-21-9-10-31-23(30)19(21)14-29/h3-10,13-15,29H,11-12H2,1-2H3,(H2,30,31)(H2,32,33,34). The molecule has 1 heterocycles. The first-order chi connectivity index (χ1) is 17.6. The van der Waals surface area contributed by atoms with Crippen LogP contribution in [0.3, 0.4) is 0 Å². The fourth-order valence-corrected chi connectivity index (χ4v) is 3.12. The van der Waals surface area contributed by atoms with Crippen molar-refractivity contribution < 1.29 is 32.2 Å². The summed E-state index contributed by atoms with van der Waals surface area (Å²) in [5.41, 5.74) is 5.34. The van der Waals surface area contributed by atoms with Crippen LogP contribution in [0.5, 0.6) is 17.2 Å². The number of amides is 2. The average molecular weight is 518 g/mol. The zero-order valence-corrected chi connectivity index (χ0v) is 20.1. The third-order valence-corrected chi connectivity index (χ3v) is 4.80. The molecule has 0 radical (unpaired) electrons. The van der Waals surface area contributed by atoms with Gasteiger partial charge in [-0.1, -0.05) is 0 Å². The molecule has 9 nitrogen and oxygen atoms in total. The summed E-state index contributed by atoms with van der Waals surface area (Å²) in [4.78, 5) is 16.3. The second kappa shape index (κ2) is 12.1. The van der Waals surface area contributed by atoms with Gasteiger partial charge in [0.25, 0.3) is 0 Å². The number of anilines is 3. The zero-order chi connectivity index (χ0) is 27.0. The van der Waals surface area contributed by atoms with E-state index in [-0.39, 0.29) is 36.6 Å². The molecule has 0 saturated heterocycles. The number of urea groups is 1. The molecule has 5 N–H and O–H groups in total. The van der Waals surface area contributed by atoms with Crippen molar-refractivity contribution >= 4 is 29.4 Å². The highest BCUT2D eigenvalue weighted by atomic mass is 19.4. The molecule has 0 aliphatic carbocycles. The van der Waals surface area contributed by atoms with Crippen molar-refractivity contribution in [2.45, 2.75) is 26.1 Å². The van der Waals surface area contributed by atoms with Crippen molar-refractivity contribution in [1.29, 1.82) is 5.41 Å². The minimum Gasteiger partial charge on any atom is -0.491 e. The lowest BCUT2D eigenvalue weighted by Crippen LogP contribution is -2.20. The summed E-state index contributed by atoms with van der Waals surface area (Å²) in [6, 6.07) is 10.3. The third-order valence-electron chi connectivity index (χ3n) is 4.80. The molecule has 12 heteroatoms. The van der Waals surface area contributed by atoms with E-state index in [1.165, 1.54) is 12.3 Å². The monoisotopic (exact) mass is 517 g/mol. The first-order valence-corrected chi connectivity index (χ1v) is 11.1. The molecule has 0 spiro atoms. The minimum absolute atomic E-state index is 0.0501. The van der Waals surface area contributed by atoms with Gasteiger partial charge in [-0.05, 0) is 62.4 Å². The number of halogens is 3. The average Bonchev–Trinajstić information content (AvgIpc) is 2.83. The smallest absolute Gasteiger partial charge is 0.420 e. The maximum atomic E-state index is 13.5. The van der Waals surface area contributed by atoms with Crippen molar-refractivity contribution in [3.05, 3.63) is 65.9 Å². The number of nitrogens with zero attached hydrogens (tertiary/aromatic N) is 1. The van der Waals surface area contributed by atoms with Crippen LogP contribution in [0.1, 0.15) is 25.0 Å². The van der Waals surface area contributed by atoms with Gasteiger partial charge in [-0.15, -0.1) is 0 Å². The predicted molar refractivity (Wildman–Crippen MR) is 134 cm³/mol. The predicted octanol–water partition coefficient (Wildman–Crippen LogP) is 5.92. The third kappa shape index (κ3) is 7.84. The van der Waals surface area contributed by atoms with Gasteiger partial charge in [0.1, 0.15) is 29.7 Å². The van der Waals surface area contributed by atoms with Gasteiger partial charge >= 0.3 is 12.2 Å². The summed E-state index contributed by atoms with van der Waals surface area (Å²) in [5.74, 6) is 0.532. The summed E-state index contributed by atoms with van der Waals surface area (Å²) < 4.78 is 56.8. The molecule has 1 aromatic heterocycles. The molecule has 196 valence electrons. The number of rotatable bonds is 10. The lowest BCUT2D eigenvalue weighted by atomic mass is 10.1. The number of nitrogen functional groups attached to an aromatic ring is 1. The Hall–Kier alpha value is -4.32. The summed E-state index contributed by atoms with van der Waals surface area (Å²) in [5, 5.41) is 12.4. The van der Waals surface area contributed by atoms with Crippen LogP contribution >= 0.6 is 0 Å². The Labute approximate surface area is 211 Å². The molecule has 37 heavy (non-hydrogen) atoms. The fourth-order valence-electron chi connectivity index (χ4n) is 3.12. The van der Waals surface area contributed by atoms with Crippen LogP contribution in [0.4, 0.5) is 35.2 Å². The van der Waals surface area contributed by atoms with Crippen LogP contribution in [0, 0.1) is 5.41 Å². The Kier molecular flexibility index (Phi) is 8.90. The van der Waals surface area contributed by atoms with Gasteiger partial charge in [0, 0.05) is 23.8 Å². The van der Waals surface area contributed by atoms with E-state index in [0.717, 1.165) is 18.3 Å². The Morgan fingerprint density at radius 2 is 1.73 bits per heavy atom. The number of benzene rings is 2. The first kappa shape index (κ1) is 27.3. The molecule has 0 fully saturated rings. The Balaban J connectivity index is 1.63. The Morgan fingerprint density at radius 3 is 2.38 bits per heavy atom. The van der Waals surface area contributed by atoms with Gasteiger partial charge in [-0.2, -0.15) is 13.2 Å². The van der Waals surface area contributed by atoms with Crippen LogP contribution in [-0.4, -0.2) is 36.5 Å². The molecule has 2 amide bonds. The maximum Gasteiger partial charge on any atom is 0.420 e. The number of ether oxygens (including phenoxy) is 3.